The zero-order chi connectivity index (χ0) is 43.0. The molecule has 306 valence electrons. The molecule has 6 aromatic heterocycles. The number of aromatic amines is 2. The number of H-pyrrole nitrogens is 2. The minimum atomic E-state index is -0.666. The summed E-state index contributed by atoms with van der Waals surface area (Å²) in [4.78, 5) is 49.4. The second-order valence-electron chi connectivity index (χ2n) is 12.5. The van der Waals surface area contributed by atoms with E-state index in [2.05, 4.69) is 70.2 Å². The van der Waals surface area contributed by atoms with Gasteiger partial charge in [-0.15, -0.1) is 0 Å². The highest BCUT2D eigenvalue weighted by Gasteiger charge is 2.20. The second-order valence-corrected chi connectivity index (χ2v) is 12.5. The molecule has 54 heavy (non-hydrogen) atoms. The summed E-state index contributed by atoms with van der Waals surface area (Å²) in [7, 11) is 0. The molecule has 0 aliphatic heterocycles. The quantitative estimate of drug-likeness (QED) is 0.151. The average Bonchev–Trinajstić information content (AvgIpc) is 3.92. The van der Waals surface area contributed by atoms with Gasteiger partial charge in [0, 0.05) is 17.3 Å². The molecule has 15 nitrogen and oxygen atoms in total. The van der Waals surface area contributed by atoms with E-state index in [0.717, 1.165) is 11.2 Å². The zero-order valence-electron chi connectivity index (χ0n) is 37.1. The largest absolute Gasteiger partial charge is 0.418 e. The Morgan fingerprint density at radius 3 is 1.63 bits per heavy atom. The highest BCUT2D eigenvalue weighted by atomic mass is 16.4. The fraction of sp³-hybridized carbons (Fsp3) is 0.615. The minimum absolute atomic E-state index is 0.0447. The molecule has 2 N–H and O–H groups in total. The Kier molecular flexibility index (Phi) is 25.6. The van der Waals surface area contributed by atoms with Crippen LogP contribution in [-0.4, -0.2) is 54.3 Å². The van der Waals surface area contributed by atoms with Crippen LogP contribution in [0, 0.1) is 0 Å². The first-order valence-corrected chi connectivity index (χ1v) is 19.2. The van der Waals surface area contributed by atoms with Crippen LogP contribution in [0.4, 0.5) is 0 Å². The van der Waals surface area contributed by atoms with Crippen LogP contribution in [0.3, 0.4) is 0 Å². The molecule has 0 unspecified atom stereocenters. The summed E-state index contributed by atoms with van der Waals surface area (Å²) in [6, 6.07) is 3.88. The van der Waals surface area contributed by atoms with Crippen LogP contribution in [0.15, 0.2) is 56.0 Å². The van der Waals surface area contributed by atoms with Gasteiger partial charge in [0.25, 0.3) is 16.8 Å². The summed E-state index contributed by atoms with van der Waals surface area (Å²) in [5.41, 5.74) is 1.68. The molecule has 0 amide bonds. The average molecular weight is 758 g/mol. The zero-order valence-corrected chi connectivity index (χ0v) is 37.1. The molecule has 6 aromatic rings. The number of nitrogens with one attached hydrogen (secondary N) is 2. The van der Waals surface area contributed by atoms with E-state index < -0.39 is 5.76 Å². The van der Waals surface area contributed by atoms with E-state index in [0.29, 0.717) is 11.0 Å². The SMILES string of the molecule is CC.CC.CC.CC.CC.CC.CC(C)(C)n1cnc2cccnc21.CC(C)(C)n1cnc2oc(=O)[nH]c2c1=O.CC(C)(C)n1ncc2n[nH]nc2c1=O. The van der Waals surface area contributed by atoms with Gasteiger partial charge in [0.15, 0.2) is 16.7 Å². The summed E-state index contributed by atoms with van der Waals surface area (Å²) in [6.45, 7) is 41.8. The topological polar surface area (TPSA) is 188 Å². The van der Waals surface area contributed by atoms with E-state index in [-0.39, 0.29) is 39.0 Å². The Hall–Kier alpha value is -4.95. The van der Waals surface area contributed by atoms with Crippen LogP contribution in [0.2, 0.25) is 0 Å². The first-order valence-electron chi connectivity index (χ1n) is 19.2. The van der Waals surface area contributed by atoms with E-state index in [9.17, 15) is 14.4 Å². The normalized spacial score (nSPS) is 10.2. The Bertz CT molecular complexity index is 2030. The number of nitrogens with zero attached hydrogens (tertiary/aromatic N) is 9. The van der Waals surface area contributed by atoms with Crippen molar-refractivity contribution in [3.63, 3.8) is 0 Å². The summed E-state index contributed by atoms with van der Waals surface area (Å²) >= 11 is 0. The van der Waals surface area contributed by atoms with Gasteiger partial charge in [-0.05, 0) is 74.4 Å². The van der Waals surface area contributed by atoms with Crippen molar-refractivity contribution in [3.05, 3.63) is 68.4 Å². The van der Waals surface area contributed by atoms with E-state index in [4.69, 9.17) is 0 Å². The summed E-state index contributed by atoms with van der Waals surface area (Å²) < 4.78 is 9.61. The lowest BCUT2D eigenvalue weighted by molar-refractivity contribution is 0.340. The molecule has 0 fully saturated rings. The molecule has 0 saturated heterocycles. The molecule has 0 spiro atoms. The van der Waals surface area contributed by atoms with E-state index in [1.54, 1.807) is 6.20 Å². The lowest BCUT2D eigenvalue weighted by atomic mass is 10.1. The molecule has 0 radical (unpaired) electrons. The third kappa shape index (κ3) is 15.2. The Morgan fingerprint density at radius 2 is 1.13 bits per heavy atom. The molecule has 0 atom stereocenters. The third-order valence-corrected chi connectivity index (χ3v) is 6.01. The van der Waals surface area contributed by atoms with Gasteiger partial charge < -0.3 is 8.98 Å². The lowest BCUT2D eigenvalue weighted by Gasteiger charge is -2.20. The van der Waals surface area contributed by atoms with Crippen molar-refractivity contribution in [1.82, 2.24) is 54.3 Å². The first-order chi connectivity index (χ1) is 25.5. The third-order valence-electron chi connectivity index (χ3n) is 6.01. The second kappa shape index (κ2) is 25.9. The van der Waals surface area contributed by atoms with Gasteiger partial charge in [0.2, 0.25) is 0 Å². The van der Waals surface area contributed by atoms with Gasteiger partial charge in [-0.25, -0.2) is 24.4 Å². The van der Waals surface area contributed by atoms with Gasteiger partial charge in [-0.2, -0.15) is 20.5 Å². The Morgan fingerprint density at radius 1 is 0.611 bits per heavy atom. The molecule has 0 saturated carbocycles. The highest BCUT2D eigenvalue weighted by Crippen LogP contribution is 2.19. The standard InChI is InChI=1S/C10H13N3.C9H11N3O3.C8H11N5O.6C2H6/c1-10(2,3)13-7-12-8-5-4-6-11-9(8)13;1-9(2,3)12-4-10-6-5(7(12)13)11-8(14)15-6;1-8(2,3)13-7(14)6-5(4-9-13)10-12-11-6;6*1-2/h4-7H,1-3H3;4H,1-3H3,(H,11,14);4H,1-3H3,(H,10,11,12);6*1-2H3. The van der Waals surface area contributed by atoms with Crippen LogP contribution in [-0.2, 0) is 16.6 Å². The predicted octanol–water partition coefficient (Wildman–Crippen LogP) is 9.05. The summed E-state index contributed by atoms with van der Waals surface area (Å²) in [5, 5.41) is 14.0. The van der Waals surface area contributed by atoms with Crippen molar-refractivity contribution in [2.24, 2.45) is 0 Å². The molecule has 0 aliphatic rings. The maximum Gasteiger partial charge on any atom is 0.418 e. The molecule has 6 rings (SSSR count). The van der Waals surface area contributed by atoms with Crippen LogP contribution < -0.4 is 16.9 Å². The number of pyridine rings is 1. The summed E-state index contributed by atoms with van der Waals surface area (Å²) in [5.74, 6) is -0.666. The van der Waals surface area contributed by atoms with E-state index in [1.807, 2.05) is 143 Å². The van der Waals surface area contributed by atoms with Gasteiger partial charge in [0.1, 0.15) is 17.4 Å². The minimum Gasteiger partial charge on any atom is -0.388 e. The maximum atomic E-state index is 11.9. The predicted molar refractivity (Wildman–Crippen MR) is 225 cm³/mol. The fourth-order valence-corrected chi connectivity index (χ4v) is 3.89. The van der Waals surface area contributed by atoms with Gasteiger partial charge in [0.05, 0.1) is 18.1 Å². The maximum absolute atomic E-state index is 11.9. The summed E-state index contributed by atoms with van der Waals surface area (Å²) in [6.07, 6.45) is 6.55. The molecular weight excluding hydrogens is 687 g/mol. The van der Waals surface area contributed by atoms with Crippen molar-refractivity contribution < 1.29 is 4.42 Å². The molecular formula is C39H71N11O4. The number of aromatic nitrogens is 11. The van der Waals surface area contributed by atoms with Crippen molar-refractivity contribution in [2.45, 2.75) is 162 Å². The smallest absolute Gasteiger partial charge is 0.388 e. The Balaban J connectivity index is -0.000000633. The molecule has 15 heteroatoms. The fourth-order valence-electron chi connectivity index (χ4n) is 3.89. The molecule has 0 aromatic carbocycles. The van der Waals surface area contributed by atoms with Crippen LogP contribution in [0.25, 0.3) is 33.4 Å². The number of fused-ring (bicyclic) bond motifs is 3. The van der Waals surface area contributed by atoms with Crippen LogP contribution in [0.1, 0.15) is 145 Å². The van der Waals surface area contributed by atoms with Crippen LogP contribution in [0.5, 0.6) is 0 Å². The molecule has 0 bridgehead atoms. The highest BCUT2D eigenvalue weighted by molar-refractivity contribution is 5.71. The van der Waals surface area contributed by atoms with Crippen molar-refractivity contribution in [1.29, 1.82) is 0 Å². The number of hydrogen-bond acceptors (Lipinski definition) is 10. The van der Waals surface area contributed by atoms with Gasteiger partial charge in [-0.3, -0.25) is 19.1 Å². The van der Waals surface area contributed by atoms with E-state index in [1.165, 1.54) is 21.8 Å². The van der Waals surface area contributed by atoms with Crippen LogP contribution >= 0.6 is 0 Å². The number of imidazole rings is 1. The Labute approximate surface area is 322 Å². The van der Waals surface area contributed by atoms with Gasteiger partial charge >= 0.3 is 5.76 Å². The number of hydrogen-bond donors (Lipinski definition) is 2. The monoisotopic (exact) mass is 758 g/mol. The van der Waals surface area contributed by atoms with Gasteiger partial charge in [-0.1, -0.05) is 83.1 Å². The van der Waals surface area contributed by atoms with E-state index >= 15 is 0 Å². The van der Waals surface area contributed by atoms with Crippen molar-refractivity contribution in [3.8, 4) is 0 Å². The van der Waals surface area contributed by atoms with Crippen molar-refractivity contribution in [2.75, 3.05) is 0 Å². The number of oxazole rings is 1. The first kappa shape index (κ1) is 53.4. The lowest BCUT2D eigenvalue weighted by Crippen LogP contribution is -2.35. The molecule has 0 aliphatic carbocycles. The van der Waals surface area contributed by atoms with Crippen molar-refractivity contribution >= 4 is 33.4 Å². The number of rotatable bonds is 0. The molecule has 6 heterocycles.